The third-order valence-electron chi connectivity index (χ3n) is 8.87. The second-order valence-electron chi connectivity index (χ2n) is 11.4. The van der Waals surface area contributed by atoms with Crippen LogP contribution in [-0.2, 0) is 19.0 Å². The number of aromatic hydroxyl groups is 3. The standard InChI is InChI=1S/C30H35NO11/c1-6-30(39)11-18(42-19-10-15(31(3)4)25(34)12(2)41-19)20-13(24(30)29(38)40-5)9-14-21(27(20)36)28(37)23-17(33)8-7-16(32)22(23)26(14)35/h7-9,12,15,18-19,24-25,32-34,36,39H,6,10-11H2,1-5H3/t12?,15-,18+,19-,24+,25-,30-/m1/s1. The normalized spacial score (nSPS) is 30.5. The summed E-state index contributed by atoms with van der Waals surface area (Å²) in [6, 6.07) is 3.05. The molecule has 0 aromatic heterocycles. The average molecular weight is 586 g/mol. The first-order valence-corrected chi connectivity index (χ1v) is 13.7. The van der Waals surface area contributed by atoms with Gasteiger partial charge in [-0.15, -0.1) is 0 Å². The lowest BCUT2D eigenvalue weighted by molar-refractivity contribution is -0.258. The Balaban J connectivity index is 1.70. The van der Waals surface area contributed by atoms with Gasteiger partial charge in [-0.25, -0.2) is 0 Å². The molecule has 226 valence electrons. The van der Waals surface area contributed by atoms with Crippen LogP contribution in [0.4, 0.5) is 0 Å². The number of hydrogen-bond acceptors (Lipinski definition) is 12. The first kappa shape index (κ1) is 29.9. The van der Waals surface area contributed by atoms with E-state index in [1.165, 1.54) is 6.07 Å². The number of carbonyl (C=O) groups excluding carboxylic acids is 3. The highest BCUT2D eigenvalue weighted by Crippen LogP contribution is 2.54. The lowest BCUT2D eigenvalue weighted by atomic mass is 9.67. The maximum absolute atomic E-state index is 13.7. The summed E-state index contributed by atoms with van der Waals surface area (Å²) in [6.45, 7) is 3.36. The summed E-state index contributed by atoms with van der Waals surface area (Å²) < 4.78 is 17.3. The van der Waals surface area contributed by atoms with Crippen molar-refractivity contribution in [1.29, 1.82) is 0 Å². The number of likely N-dealkylation sites (N-methyl/N-ethyl adjacent to an activating group) is 1. The number of phenolic OH excluding ortho intramolecular Hbond substituents is 3. The first-order chi connectivity index (χ1) is 19.7. The quantitative estimate of drug-likeness (QED) is 0.217. The third-order valence-corrected chi connectivity index (χ3v) is 8.87. The molecule has 5 N–H and O–H groups in total. The fourth-order valence-electron chi connectivity index (χ4n) is 6.56. The number of fused-ring (bicyclic) bond motifs is 3. The largest absolute Gasteiger partial charge is 0.507 e. The summed E-state index contributed by atoms with van der Waals surface area (Å²) in [5.74, 6) is -5.69. The second kappa shape index (κ2) is 10.6. The van der Waals surface area contributed by atoms with Crippen molar-refractivity contribution in [3.63, 3.8) is 0 Å². The van der Waals surface area contributed by atoms with Gasteiger partial charge >= 0.3 is 5.97 Å². The number of aliphatic hydroxyl groups is 2. The molecule has 3 aliphatic rings. The minimum absolute atomic E-state index is 0.00436. The minimum Gasteiger partial charge on any atom is -0.507 e. The van der Waals surface area contributed by atoms with Crippen molar-refractivity contribution in [2.45, 2.75) is 75.3 Å². The second-order valence-corrected chi connectivity index (χ2v) is 11.4. The van der Waals surface area contributed by atoms with E-state index in [9.17, 15) is 39.9 Å². The molecule has 5 rings (SSSR count). The van der Waals surface area contributed by atoms with E-state index in [0.717, 1.165) is 19.2 Å². The smallest absolute Gasteiger partial charge is 0.316 e. The van der Waals surface area contributed by atoms with Crippen LogP contribution in [-0.4, -0.2) is 99.3 Å². The molecule has 1 aliphatic heterocycles. The van der Waals surface area contributed by atoms with Crippen LogP contribution in [0, 0.1) is 0 Å². The summed E-state index contributed by atoms with van der Waals surface area (Å²) >= 11 is 0. The number of rotatable bonds is 5. The summed E-state index contributed by atoms with van der Waals surface area (Å²) in [5.41, 5.74) is -3.36. The highest BCUT2D eigenvalue weighted by Gasteiger charge is 2.53. The molecule has 12 heteroatoms. The molecule has 1 saturated heterocycles. The molecular formula is C30H35NO11. The Morgan fingerprint density at radius 2 is 1.71 bits per heavy atom. The van der Waals surface area contributed by atoms with E-state index in [1.807, 2.05) is 19.0 Å². The SMILES string of the molecule is CC[C@@]1(O)C[C@H](O[C@@H]2C[C@@H](N(C)C)[C@H](O)C(C)O2)c2c(cc3c(c2O)C(=O)c2c(O)ccc(O)c2C3=O)[C@H]1C(=O)OC. The third kappa shape index (κ3) is 4.45. The molecule has 0 bridgehead atoms. The molecule has 2 aliphatic carbocycles. The Bertz CT molecular complexity index is 1470. The molecule has 1 fully saturated rings. The molecular weight excluding hydrogens is 550 g/mol. The van der Waals surface area contributed by atoms with Crippen LogP contribution in [0.5, 0.6) is 17.2 Å². The van der Waals surface area contributed by atoms with Crippen molar-refractivity contribution < 1.29 is 54.1 Å². The van der Waals surface area contributed by atoms with E-state index in [2.05, 4.69) is 0 Å². The van der Waals surface area contributed by atoms with Crippen LogP contribution in [0.3, 0.4) is 0 Å². The number of aliphatic hydroxyl groups excluding tert-OH is 1. The van der Waals surface area contributed by atoms with Gasteiger partial charge in [-0.2, -0.15) is 0 Å². The molecule has 0 saturated carbocycles. The maximum Gasteiger partial charge on any atom is 0.316 e. The van der Waals surface area contributed by atoms with Gasteiger partial charge < -0.3 is 44.6 Å². The number of phenols is 3. The summed E-state index contributed by atoms with van der Waals surface area (Å²) in [6.07, 6.45) is -3.34. The molecule has 0 radical (unpaired) electrons. The number of carbonyl (C=O) groups is 3. The molecule has 0 spiro atoms. The van der Waals surface area contributed by atoms with Crippen LogP contribution in [0.15, 0.2) is 18.2 Å². The Morgan fingerprint density at radius 3 is 2.29 bits per heavy atom. The molecule has 2 aromatic carbocycles. The molecule has 42 heavy (non-hydrogen) atoms. The molecule has 12 nitrogen and oxygen atoms in total. The summed E-state index contributed by atoms with van der Waals surface area (Å²) in [4.78, 5) is 42.2. The molecule has 1 unspecified atom stereocenters. The van der Waals surface area contributed by atoms with Crippen LogP contribution in [0.25, 0.3) is 0 Å². The number of methoxy groups -OCH3 is 1. The van der Waals surface area contributed by atoms with Gasteiger partial charge in [0.15, 0.2) is 12.1 Å². The lowest BCUT2D eigenvalue weighted by Crippen LogP contribution is -2.54. The number of nitrogens with zero attached hydrogens (tertiary/aromatic N) is 1. The number of hydrogen-bond donors (Lipinski definition) is 5. The van der Waals surface area contributed by atoms with Crippen LogP contribution in [0.1, 0.15) is 88.1 Å². The molecule has 7 atom stereocenters. The van der Waals surface area contributed by atoms with Gasteiger partial charge in [-0.1, -0.05) is 6.92 Å². The maximum atomic E-state index is 13.7. The van der Waals surface area contributed by atoms with Crippen LogP contribution in [0.2, 0.25) is 0 Å². The van der Waals surface area contributed by atoms with E-state index in [-0.39, 0.29) is 42.0 Å². The van der Waals surface area contributed by atoms with E-state index < -0.39 is 87.6 Å². The molecule has 0 amide bonds. The van der Waals surface area contributed by atoms with E-state index in [1.54, 1.807) is 13.8 Å². The van der Waals surface area contributed by atoms with Crippen molar-refractivity contribution >= 4 is 17.5 Å². The highest BCUT2D eigenvalue weighted by atomic mass is 16.7. The van der Waals surface area contributed by atoms with E-state index in [4.69, 9.17) is 14.2 Å². The highest BCUT2D eigenvalue weighted by molar-refractivity contribution is 6.31. The summed E-state index contributed by atoms with van der Waals surface area (Å²) in [5, 5.41) is 54.9. The van der Waals surface area contributed by atoms with Gasteiger partial charge in [0.25, 0.3) is 0 Å². The van der Waals surface area contributed by atoms with Gasteiger partial charge in [0.05, 0.1) is 47.7 Å². The summed E-state index contributed by atoms with van der Waals surface area (Å²) in [7, 11) is 4.76. The van der Waals surface area contributed by atoms with Crippen molar-refractivity contribution in [3.05, 3.63) is 51.6 Å². The predicted octanol–water partition coefficient (Wildman–Crippen LogP) is 1.86. The van der Waals surface area contributed by atoms with Crippen molar-refractivity contribution in [3.8, 4) is 17.2 Å². The lowest BCUT2D eigenvalue weighted by Gasteiger charge is -2.46. The number of benzene rings is 2. The van der Waals surface area contributed by atoms with Crippen molar-refractivity contribution in [2.75, 3.05) is 21.2 Å². The Kier molecular flexibility index (Phi) is 7.57. The first-order valence-electron chi connectivity index (χ1n) is 13.7. The zero-order valence-electron chi connectivity index (χ0n) is 24.0. The van der Waals surface area contributed by atoms with Gasteiger partial charge in [-0.05, 0) is 51.2 Å². The Hall–Kier alpha value is -3.55. The monoisotopic (exact) mass is 585 g/mol. The topological polar surface area (TPSA) is 183 Å². The zero-order chi connectivity index (χ0) is 30.8. The fraction of sp³-hybridized carbons (Fsp3) is 0.500. The van der Waals surface area contributed by atoms with Crippen LogP contribution >= 0.6 is 0 Å². The van der Waals surface area contributed by atoms with Crippen molar-refractivity contribution in [2.24, 2.45) is 0 Å². The van der Waals surface area contributed by atoms with Gasteiger partial charge in [0, 0.05) is 30.0 Å². The van der Waals surface area contributed by atoms with E-state index in [0.29, 0.717) is 0 Å². The molecule has 2 aromatic rings. The molecule has 1 heterocycles. The number of ketones is 2. The zero-order valence-corrected chi connectivity index (χ0v) is 24.0. The Labute approximate surface area is 242 Å². The van der Waals surface area contributed by atoms with Gasteiger partial charge in [-0.3, -0.25) is 14.4 Å². The Morgan fingerprint density at radius 1 is 1.10 bits per heavy atom. The minimum atomic E-state index is -1.74. The van der Waals surface area contributed by atoms with E-state index >= 15 is 0 Å². The van der Waals surface area contributed by atoms with Crippen molar-refractivity contribution in [1.82, 2.24) is 4.90 Å². The van der Waals surface area contributed by atoms with Gasteiger partial charge in [0.2, 0.25) is 5.78 Å². The fourth-order valence-corrected chi connectivity index (χ4v) is 6.56. The van der Waals surface area contributed by atoms with Gasteiger partial charge in [0.1, 0.15) is 23.2 Å². The number of esters is 1. The predicted molar refractivity (Wildman–Crippen MR) is 146 cm³/mol. The van der Waals surface area contributed by atoms with Crippen LogP contribution < -0.4 is 0 Å². The average Bonchev–Trinajstić information content (AvgIpc) is 2.93. The number of ether oxygens (including phenoxy) is 3.